The maximum Gasteiger partial charge on any atom is 0.336 e. The Kier molecular flexibility index (Phi) is 9.97. The molecule has 47 heavy (non-hydrogen) atoms. The number of hydrogen-bond acceptors (Lipinski definition) is 6. The van der Waals surface area contributed by atoms with E-state index in [0.29, 0.717) is 28.3 Å². The Balaban J connectivity index is 1.16. The molecular weight excluding hydrogens is 618 g/mol. The molecule has 238 valence electrons. The van der Waals surface area contributed by atoms with Gasteiger partial charge in [-0.1, -0.05) is 54.1 Å². The number of aryl methyl sites for hydroxylation is 1. The van der Waals surface area contributed by atoms with Gasteiger partial charge in [-0.25, -0.2) is 13.2 Å². The lowest BCUT2D eigenvalue weighted by atomic mass is 10.1. The summed E-state index contributed by atoms with van der Waals surface area (Å²) in [5.41, 5.74) is 3.86. The molecule has 5 rings (SSSR count). The summed E-state index contributed by atoms with van der Waals surface area (Å²) in [6.07, 6.45) is 0. The van der Waals surface area contributed by atoms with Crippen LogP contribution in [-0.4, -0.2) is 44.5 Å². The van der Waals surface area contributed by atoms with Gasteiger partial charge < -0.3 is 20.5 Å². The van der Waals surface area contributed by atoms with Crippen molar-refractivity contribution in [3.63, 3.8) is 0 Å². The van der Waals surface area contributed by atoms with Crippen LogP contribution < -0.4 is 20.1 Å². The second-order valence-electron chi connectivity index (χ2n) is 10.5. The standard InChI is InChI=1S/C36H31N3O7S/c1-24-9-15-28(16-10-24)38-34(40)26-11-17-29(18-12-26)39-47(44,45)31-6-4-5-27(23-31)25-13-19-30(20-14-25)46-22-21-37-35(41)32-7-2-3-8-33(32)36(42)43/h2-20,23,39H,21-22H2,1H3,(H,37,41)(H,38,40)(H,42,43). The minimum absolute atomic E-state index is 0.0664. The number of nitrogens with one attached hydrogen (secondary N) is 3. The number of carbonyl (C=O) groups is 3. The minimum Gasteiger partial charge on any atom is -0.492 e. The molecule has 4 N–H and O–H groups in total. The first-order chi connectivity index (χ1) is 22.6. The van der Waals surface area contributed by atoms with Crippen molar-refractivity contribution in [1.82, 2.24) is 5.32 Å². The van der Waals surface area contributed by atoms with Crippen molar-refractivity contribution in [2.24, 2.45) is 0 Å². The number of ether oxygens (including phenoxy) is 1. The molecule has 11 heteroatoms. The molecule has 0 aromatic heterocycles. The number of anilines is 2. The van der Waals surface area contributed by atoms with Gasteiger partial charge in [-0.2, -0.15) is 0 Å². The zero-order chi connectivity index (χ0) is 33.4. The Morgan fingerprint density at radius 1 is 0.702 bits per heavy atom. The lowest BCUT2D eigenvalue weighted by Crippen LogP contribution is -2.29. The van der Waals surface area contributed by atoms with Crippen LogP contribution in [0, 0.1) is 6.92 Å². The van der Waals surface area contributed by atoms with Crippen molar-refractivity contribution in [1.29, 1.82) is 0 Å². The Hall–Kier alpha value is -5.94. The van der Waals surface area contributed by atoms with Crippen LogP contribution in [0.4, 0.5) is 11.4 Å². The van der Waals surface area contributed by atoms with Crippen LogP contribution in [0.5, 0.6) is 5.75 Å². The zero-order valence-electron chi connectivity index (χ0n) is 25.3. The predicted molar refractivity (Wildman–Crippen MR) is 179 cm³/mol. The van der Waals surface area contributed by atoms with E-state index >= 15 is 0 Å². The minimum atomic E-state index is -3.93. The van der Waals surface area contributed by atoms with Gasteiger partial charge in [0.25, 0.3) is 21.8 Å². The zero-order valence-corrected chi connectivity index (χ0v) is 26.1. The van der Waals surface area contributed by atoms with E-state index in [1.165, 1.54) is 30.3 Å². The Bertz CT molecular complexity index is 2010. The van der Waals surface area contributed by atoms with Crippen LogP contribution in [0.2, 0.25) is 0 Å². The third kappa shape index (κ3) is 8.41. The Labute approximate surface area is 272 Å². The number of amides is 2. The topological polar surface area (TPSA) is 151 Å². The number of hydrogen-bond donors (Lipinski definition) is 4. The van der Waals surface area contributed by atoms with Gasteiger partial charge in [-0.3, -0.25) is 14.3 Å². The van der Waals surface area contributed by atoms with Gasteiger partial charge in [0, 0.05) is 16.9 Å². The van der Waals surface area contributed by atoms with Crippen molar-refractivity contribution in [3.8, 4) is 16.9 Å². The van der Waals surface area contributed by atoms with Gasteiger partial charge in [-0.15, -0.1) is 0 Å². The Morgan fingerprint density at radius 3 is 2.04 bits per heavy atom. The van der Waals surface area contributed by atoms with Crippen molar-refractivity contribution in [2.75, 3.05) is 23.2 Å². The predicted octanol–water partition coefficient (Wildman–Crippen LogP) is 6.22. The van der Waals surface area contributed by atoms with E-state index in [0.717, 1.165) is 11.1 Å². The second kappa shape index (κ2) is 14.4. The van der Waals surface area contributed by atoms with Crippen molar-refractivity contribution in [3.05, 3.63) is 144 Å². The number of aromatic carboxylic acids is 1. The molecule has 0 saturated heterocycles. The number of sulfonamides is 1. The fourth-order valence-corrected chi connectivity index (χ4v) is 5.73. The third-order valence-electron chi connectivity index (χ3n) is 7.10. The van der Waals surface area contributed by atoms with Crippen LogP contribution in [0.25, 0.3) is 11.1 Å². The lowest BCUT2D eigenvalue weighted by Gasteiger charge is -2.11. The molecule has 0 spiro atoms. The SMILES string of the molecule is Cc1ccc(NC(=O)c2ccc(NS(=O)(=O)c3cccc(-c4ccc(OCCNC(=O)c5ccccc5C(=O)O)cc4)c3)cc2)cc1. The van der Waals surface area contributed by atoms with Crippen LogP contribution in [0.15, 0.2) is 126 Å². The van der Waals surface area contributed by atoms with Gasteiger partial charge in [0.15, 0.2) is 0 Å². The summed E-state index contributed by atoms with van der Waals surface area (Å²) < 4.78 is 34.7. The lowest BCUT2D eigenvalue weighted by molar-refractivity contribution is 0.0690. The van der Waals surface area contributed by atoms with E-state index in [-0.39, 0.29) is 35.1 Å². The quantitative estimate of drug-likeness (QED) is 0.117. The van der Waals surface area contributed by atoms with E-state index in [1.54, 1.807) is 66.7 Å². The highest BCUT2D eigenvalue weighted by molar-refractivity contribution is 7.92. The number of carbonyl (C=O) groups excluding carboxylic acids is 2. The fraction of sp³-hybridized carbons (Fsp3) is 0.0833. The second-order valence-corrected chi connectivity index (χ2v) is 12.2. The van der Waals surface area contributed by atoms with Gasteiger partial charge in [0.1, 0.15) is 12.4 Å². The fourth-order valence-electron chi connectivity index (χ4n) is 4.63. The summed E-state index contributed by atoms with van der Waals surface area (Å²) in [7, 11) is -3.93. The van der Waals surface area contributed by atoms with Gasteiger partial charge in [-0.05, 0) is 90.8 Å². The molecule has 0 aliphatic heterocycles. The molecule has 0 fully saturated rings. The third-order valence-corrected chi connectivity index (χ3v) is 8.48. The van der Waals surface area contributed by atoms with Crippen LogP contribution in [0.3, 0.4) is 0 Å². The summed E-state index contributed by atoms with van der Waals surface area (Å²) in [6, 6.07) is 33.1. The average molecular weight is 650 g/mol. The van der Waals surface area contributed by atoms with Crippen LogP contribution in [-0.2, 0) is 10.0 Å². The summed E-state index contributed by atoms with van der Waals surface area (Å²) in [5.74, 6) is -1.46. The Morgan fingerprint density at radius 2 is 1.36 bits per heavy atom. The van der Waals surface area contributed by atoms with Gasteiger partial charge >= 0.3 is 5.97 Å². The van der Waals surface area contributed by atoms with E-state index in [2.05, 4.69) is 15.4 Å². The average Bonchev–Trinajstić information content (AvgIpc) is 3.08. The molecule has 5 aromatic rings. The summed E-state index contributed by atoms with van der Waals surface area (Å²) >= 11 is 0. The van der Waals surface area contributed by atoms with Crippen LogP contribution >= 0.6 is 0 Å². The normalized spacial score (nSPS) is 10.9. The molecule has 10 nitrogen and oxygen atoms in total. The number of benzene rings is 5. The van der Waals surface area contributed by atoms with Gasteiger partial charge in [0.2, 0.25) is 0 Å². The first kappa shape index (κ1) is 32.5. The molecule has 0 bridgehead atoms. The van der Waals surface area contributed by atoms with Crippen molar-refractivity contribution >= 4 is 39.2 Å². The molecular formula is C36H31N3O7S. The van der Waals surface area contributed by atoms with Crippen LogP contribution in [0.1, 0.15) is 36.6 Å². The van der Waals surface area contributed by atoms with E-state index in [4.69, 9.17) is 4.74 Å². The largest absolute Gasteiger partial charge is 0.492 e. The molecule has 0 aliphatic rings. The van der Waals surface area contributed by atoms with Crippen molar-refractivity contribution in [2.45, 2.75) is 11.8 Å². The molecule has 0 atom stereocenters. The first-order valence-electron chi connectivity index (χ1n) is 14.5. The highest BCUT2D eigenvalue weighted by Crippen LogP contribution is 2.26. The highest BCUT2D eigenvalue weighted by Gasteiger charge is 2.17. The van der Waals surface area contributed by atoms with E-state index < -0.39 is 21.9 Å². The first-order valence-corrected chi connectivity index (χ1v) is 16.0. The molecule has 0 unspecified atom stereocenters. The number of rotatable bonds is 12. The molecule has 0 heterocycles. The van der Waals surface area contributed by atoms with E-state index in [1.807, 2.05) is 31.2 Å². The molecule has 0 radical (unpaired) electrons. The molecule has 5 aromatic carbocycles. The van der Waals surface area contributed by atoms with Gasteiger partial charge in [0.05, 0.1) is 22.6 Å². The maximum atomic E-state index is 13.2. The highest BCUT2D eigenvalue weighted by atomic mass is 32.2. The molecule has 0 aliphatic carbocycles. The molecule has 0 saturated carbocycles. The maximum absolute atomic E-state index is 13.2. The monoisotopic (exact) mass is 649 g/mol. The summed E-state index contributed by atoms with van der Waals surface area (Å²) in [6.45, 7) is 2.27. The smallest absolute Gasteiger partial charge is 0.336 e. The summed E-state index contributed by atoms with van der Waals surface area (Å²) in [5, 5.41) is 14.7. The summed E-state index contributed by atoms with van der Waals surface area (Å²) in [4.78, 5) is 36.4. The van der Waals surface area contributed by atoms with E-state index in [9.17, 15) is 27.9 Å². The van der Waals surface area contributed by atoms with Crippen molar-refractivity contribution < 1.29 is 32.6 Å². The molecule has 2 amide bonds. The number of carboxylic acids is 1. The number of carboxylic acid groups (broad SMARTS) is 1.